The maximum Gasteiger partial charge on any atom is 0.202 e. The molecule has 0 fully saturated rings. The number of phenols is 4. The number of fused-ring (bicyclic) bond motifs is 1. The van der Waals surface area contributed by atoms with Gasteiger partial charge >= 0.3 is 0 Å². The van der Waals surface area contributed by atoms with E-state index in [1.807, 2.05) is 20.8 Å². The predicted molar refractivity (Wildman–Crippen MR) is 119 cm³/mol. The Morgan fingerprint density at radius 1 is 1.09 bits per heavy atom. The molecule has 0 saturated heterocycles. The maximum absolute atomic E-state index is 13.0. The van der Waals surface area contributed by atoms with Crippen LogP contribution >= 0.6 is 0 Å². The van der Waals surface area contributed by atoms with E-state index in [9.17, 15) is 30.3 Å². The van der Waals surface area contributed by atoms with Crippen LogP contribution in [-0.4, -0.2) is 37.4 Å². The fraction of sp³-hybridized carbons (Fsp3) is 0.320. The molecule has 7 heteroatoms. The molecule has 0 aliphatic carbocycles. The highest BCUT2D eigenvalue weighted by Crippen LogP contribution is 2.47. The van der Waals surface area contributed by atoms with Crippen LogP contribution < -0.4 is 4.74 Å². The van der Waals surface area contributed by atoms with Gasteiger partial charge in [-0.3, -0.25) is 4.79 Å². The molecule has 0 bridgehead atoms. The molecule has 2 aromatic carbocycles. The summed E-state index contributed by atoms with van der Waals surface area (Å²) >= 11 is 0. The molecule has 7 nitrogen and oxygen atoms in total. The fourth-order valence-electron chi connectivity index (χ4n) is 3.80. The third kappa shape index (κ3) is 4.43. The van der Waals surface area contributed by atoms with Crippen molar-refractivity contribution in [3.05, 3.63) is 64.8 Å². The average molecular weight is 440 g/mol. The Morgan fingerprint density at radius 3 is 2.38 bits per heavy atom. The Balaban J connectivity index is 2.11. The Labute approximate surface area is 186 Å². The number of Topliss-reactive ketones (excluding diaryl/α,β-unsaturated/α-hetero) is 1. The maximum atomic E-state index is 13.0. The number of ketones is 1. The van der Waals surface area contributed by atoms with Crippen molar-refractivity contribution in [1.29, 1.82) is 0 Å². The molecule has 3 atom stereocenters. The van der Waals surface area contributed by atoms with E-state index in [-0.39, 0.29) is 46.5 Å². The monoisotopic (exact) mass is 440 g/mol. The third-order valence-corrected chi connectivity index (χ3v) is 5.67. The van der Waals surface area contributed by atoms with Crippen LogP contribution in [0.15, 0.2) is 48.1 Å². The van der Waals surface area contributed by atoms with Gasteiger partial charge in [-0.15, -0.1) is 0 Å². The van der Waals surface area contributed by atoms with Crippen molar-refractivity contribution in [1.82, 2.24) is 0 Å². The number of benzene rings is 2. The molecule has 0 saturated carbocycles. The van der Waals surface area contributed by atoms with E-state index < -0.39 is 23.7 Å². The first kappa shape index (κ1) is 23.2. The van der Waals surface area contributed by atoms with Gasteiger partial charge in [0.2, 0.25) is 5.78 Å². The van der Waals surface area contributed by atoms with Crippen molar-refractivity contribution >= 4 is 5.78 Å². The lowest BCUT2D eigenvalue weighted by molar-refractivity contribution is 0.0197. The molecule has 170 valence electrons. The first-order valence-corrected chi connectivity index (χ1v) is 10.3. The third-order valence-electron chi connectivity index (χ3n) is 5.67. The molecule has 0 unspecified atom stereocenters. The van der Waals surface area contributed by atoms with Crippen molar-refractivity contribution < 1.29 is 35.1 Å². The first-order chi connectivity index (χ1) is 15.0. The summed E-state index contributed by atoms with van der Waals surface area (Å²) in [5, 5.41) is 51.3. The second kappa shape index (κ2) is 8.96. The van der Waals surface area contributed by atoms with Gasteiger partial charge in [-0.05, 0) is 51.7 Å². The van der Waals surface area contributed by atoms with E-state index in [1.54, 1.807) is 0 Å². The van der Waals surface area contributed by atoms with Crippen LogP contribution in [-0.2, 0) is 6.42 Å². The van der Waals surface area contributed by atoms with Crippen molar-refractivity contribution in [3.63, 3.8) is 0 Å². The SMILES string of the molecule is C=C(C)[C@H](CC=C(C)C)Cc1c(O)cc(O)c2c1O[C@@H](c1ccc(O)cc1O)[C@H](O)C2=O. The molecule has 0 spiro atoms. The number of allylic oxidation sites excluding steroid dienone is 3. The number of aromatic hydroxyl groups is 4. The minimum atomic E-state index is -1.70. The van der Waals surface area contributed by atoms with E-state index in [1.165, 1.54) is 12.1 Å². The number of carbonyl (C=O) groups excluding carboxylic acids is 1. The molecule has 32 heavy (non-hydrogen) atoms. The van der Waals surface area contributed by atoms with Gasteiger partial charge in [-0.2, -0.15) is 0 Å². The number of ether oxygens (including phenoxy) is 1. The van der Waals surface area contributed by atoms with Gasteiger partial charge in [-0.1, -0.05) is 23.8 Å². The first-order valence-electron chi connectivity index (χ1n) is 10.3. The lowest BCUT2D eigenvalue weighted by atomic mass is 9.85. The highest BCUT2D eigenvalue weighted by Gasteiger charge is 2.42. The van der Waals surface area contributed by atoms with E-state index in [0.717, 1.165) is 23.3 Å². The second-order valence-electron chi connectivity index (χ2n) is 8.45. The Hall–Kier alpha value is -3.45. The normalized spacial score (nSPS) is 18.4. The molecule has 1 heterocycles. The van der Waals surface area contributed by atoms with Gasteiger partial charge in [0.1, 0.15) is 34.3 Å². The molecule has 0 aromatic heterocycles. The molecule has 0 radical (unpaired) electrons. The van der Waals surface area contributed by atoms with Crippen molar-refractivity contribution in [2.24, 2.45) is 5.92 Å². The van der Waals surface area contributed by atoms with Crippen LogP contribution in [0.2, 0.25) is 0 Å². The summed E-state index contributed by atoms with van der Waals surface area (Å²) in [6, 6.07) is 4.77. The fourth-order valence-corrected chi connectivity index (χ4v) is 3.80. The van der Waals surface area contributed by atoms with Gasteiger partial charge in [0.05, 0.1) is 0 Å². The standard InChI is InChI=1S/C25H28O7/c1-12(2)5-6-14(13(3)4)9-17-19(28)11-20(29)21-22(30)23(31)25(32-24(17)21)16-8-7-15(26)10-18(16)27/h5,7-8,10-11,14,23,25-29,31H,3,6,9H2,1-2,4H3/t14-,23-,25+/m1/s1. The lowest BCUT2D eigenvalue weighted by Gasteiger charge is -2.32. The average Bonchev–Trinajstić information content (AvgIpc) is 2.69. The van der Waals surface area contributed by atoms with E-state index in [2.05, 4.69) is 12.7 Å². The molecule has 5 N–H and O–H groups in total. The van der Waals surface area contributed by atoms with E-state index >= 15 is 0 Å². The van der Waals surface area contributed by atoms with Gasteiger partial charge in [0.15, 0.2) is 12.2 Å². The summed E-state index contributed by atoms with van der Waals surface area (Å²) in [7, 11) is 0. The molecular weight excluding hydrogens is 412 g/mol. The smallest absolute Gasteiger partial charge is 0.202 e. The van der Waals surface area contributed by atoms with Crippen LogP contribution in [0.1, 0.15) is 54.8 Å². The topological polar surface area (TPSA) is 127 Å². The number of hydrogen-bond donors (Lipinski definition) is 5. The Bertz CT molecular complexity index is 1100. The summed E-state index contributed by atoms with van der Waals surface area (Å²) in [6.45, 7) is 9.87. The van der Waals surface area contributed by atoms with Crippen LogP contribution in [0.3, 0.4) is 0 Å². The van der Waals surface area contributed by atoms with E-state index in [0.29, 0.717) is 12.0 Å². The highest BCUT2D eigenvalue weighted by atomic mass is 16.5. The molecule has 2 aromatic rings. The largest absolute Gasteiger partial charge is 0.508 e. The predicted octanol–water partition coefficient (Wildman–Crippen LogP) is 4.28. The van der Waals surface area contributed by atoms with Crippen molar-refractivity contribution in [2.45, 2.75) is 45.8 Å². The Morgan fingerprint density at radius 2 is 1.78 bits per heavy atom. The molecule has 0 amide bonds. The van der Waals surface area contributed by atoms with Gasteiger partial charge in [0, 0.05) is 23.3 Å². The second-order valence-corrected chi connectivity index (χ2v) is 8.45. The zero-order valence-corrected chi connectivity index (χ0v) is 18.3. The number of carbonyl (C=O) groups is 1. The summed E-state index contributed by atoms with van der Waals surface area (Å²) in [6.07, 6.45) is -0.00649. The van der Waals surface area contributed by atoms with Gasteiger partial charge < -0.3 is 30.3 Å². The van der Waals surface area contributed by atoms with Gasteiger partial charge in [0.25, 0.3) is 0 Å². The van der Waals surface area contributed by atoms with Crippen LogP contribution in [0.5, 0.6) is 28.7 Å². The highest BCUT2D eigenvalue weighted by molar-refractivity contribution is 6.06. The van der Waals surface area contributed by atoms with Crippen molar-refractivity contribution in [2.75, 3.05) is 0 Å². The summed E-state index contributed by atoms with van der Waals surface area (Å²) in [5.41, 5.74) is 2.17. The van der Waals surface area contributed by atoms with Crippen molar-refractivity contribution in [3.8, 4) is 28.7 Å². The molecule has 1 aliphatic heterocycles. The van der Waals surface area contributed by atoms with Crippen LogP contribution in [0, 0.1) is 5.92 Å². The van der Waals surface area contributed by atoms with Crippen LogP contribution in [0.4, 0.5) is 0 Å². The number of phenolic OH excluding ortho intramolecular Hbond substituents is 4. The minimum absolute atomic E-state index is 0.0428. The Kier molecular flexibility index (Phi) is 6.50. The number of aliphatic hydroxyl groups is 1. The lowest BCUT2D eigenvalue weighted by Crippen LogP contribution is -2.36. The summed E-state index contributed by atoms with van der Waals surface area (Å²) in [4.78, 5) is 13.0. The molecule has 3 rings (SSSR count). The summed E-state index contributed by atoms with van der Waals surface area (Å²) in [5.74, 6) is -2.22. The molecule has 1 aliphatic rings. The van der Waals surface area contributed by atoms with E-state index in [4.69, 9.17) is 4.74 Å². The van der Waals surface area contributed by atoms with Gasteiger partial charge in [-0.25, -0.2) is 0 Å². The number of aliphatic hydroxyl groups excluding tert-OH is 1. The molecular formula is C25H28O7. The zero-order chi connectivity index (χ0) is 23.7. The number of hydrogen-bond acceptors (Lipinski definition) is 7. The minimum Gasteiger partial charge on any atom is -0.508 e. The number of rotatable bonds is 6. The van der Waals surface area contributed by atoms with Crippen LogP contribution in [0.25, 0.3) is 0 Å². The summed E-state index contributed by atoms with van der Waals surface area (Å²) < 4.78 is 5.94. The quantitative estimate of drug-likeness (QED) is 0.424. The zero-order valence-electron chi connectivity index (χ0n) is 18.3.